The highest BCUT2D eigenvalue weighted by atomic mass is 31.2. The number of carbonyl (C=O) groups is 3. The summed E-state index contributed by atoms with van der Waals surface area (Å²) >= 11 is 0. The monoisotopic (exact) mass is 953 g/mol. The van der Waals surface area contributed by atoms with E-state index in [0.717, 1.165) is 109 Å². The van der Waals surface area contributed by atoms with Crippen LogP contribution in [0.15, 0.2) is 48.6 Å². The first kappa shape index (κ1) is 63.4. The molecule has 0 spiro atoms. The molecule has 0 saturated heterocycles. The van der Waals surface area contributed by atoms with Gasteiger partial charge in [0.1, 0.15) is 12.7 Å². The van der Waals surface area contributed by atoms with Crippen LogP contribution in [0, 0.1) is 0 Å². The fourth-order valence-electron chi connectivity index (χ4n) is 7.19. The molecule has 0 aliphatic heterocycles. The zero-order chi connectivity index (χ0) is 48.4. The van der Waals surface area contributed by atoms with Gasteiger partial charge < -0.3 is 24.2 Å². The van der Waals surface area contributed by atoms with Gasteiger partial charge in [-0.1, -0.05) is 191 Å². The van der Waals surface area contributed by atoms with E-state index in [4.69, 9.17) is 23.3 Å². The molecule has 0 heterocycles. The minimum Gasteiger partial charge on any atom is -0.462 e. The van der Waals surface area contributed by atoms with Crippen LogP contribution in [0.2, 0.25) is 0 Å². The van der Waals surface area contributed by atoms with E-state index in [0.29, 0.717) is 19.3 Å². The van der Waals surface area contributed by atoms with Crippen LogP contribution in [-0.2, 0) is 42.2 Å². The van der Waals surface area contributed by atoms with E-state index in [1.54, 1.807) is 0 Å². The van der Waals surface area contributed by atoms with Crippen molar-refractivity contribution in [2.75, 3.05) is 26.4 Å². The summed E-state index contributed by atoms with van der Waals surface area (Å²) in [5.74, 6) is -1.48. The third kappa shape index (κ3) is 46.5. The fourth-order valence-corrected chi connectivity index (χ4v) is 7.97. The number of aliphatic hydroxyl groups excluding tert-OH is 1. The Labute approximate surface area is 403 Å². The number of phosphoric acid groups is 1. The van der Waals surface area contributed by atoms with Crippen molar-refractivity contribution in [2.24, 2.45) is 0 Å². The van der Waals surface area contributed by atoms with E-state index in [-0.39, 0.29) is 25.9 Å². The van der Waals surface area contributed by atoms with Gasteiger partial charge in [-0.05, 0) is 77.0 Å². The van der Waals surface area contributed by atoms with E-state index in [1.807, 2.05) is 0 Å². The first-order valence-electron chi connectivity index (χ1n) is 26.5. The quantitative estimate of drug-likeness (QED) is 0.0197. The first-order chi connectivity index (χ1) is 32.2. The highest BCUT2D eigenvalue weighted by Gasteiger charge is 2.28. The molecular formula is C54H97O11P. The molecule has 3 unspecified atom stereocenters. The van der Waals surface area contributed by atoms with E-state index >= 15 is 0 Å². The number of esters is 3. The van der Waals surface area contributed by atoms with Gasteiger partial charge in [0.05, 0.1) is 19.8 Å². The van der Waals surface area contributed by atoms with Gasteiger partial charge >= 0.3 is 25.7 Å². The Morgan fingerprint density at radius 1 is 0.439 bits per heavy atom. The molecule has 0 amide bonds. The predicted octanol–water partition coefficient (Wildman–Crippen LogP) is 15.0. The van der Waals surface area contributed by atoms with Crippen LogP contribution in [0.3, 0.4) is 0 Å². The van der Waals surface area contributed by atoms with Crippen molar-refractivity contribution in [1.29, 1.82) is 0 Å². The second kappa shape index (κ2) is 48.9. The van der Waals surface area contributed by atoms with Gasteiger partial charge in [-0.25, -0.2) is 4.57 Å². The average Bonchev–Trinajstić information content (AvgIpc) is 3.30. The maximum absolute atomic E-state index is 12.8. The number of carbonyl (C=O) groups excluding carboxylic acids is 3. The Hall–Kier alpha value is -2.56. The summed E-state index contributed by atoms with van der Waals surface area (Å²) in [6, 6.07) is 0. The lowest BCUT2D eigenvalue weighted by atomic mass is 10.1. The lowest BCUT2D eigenvalue weighted by Gasteiger charge is -2.21. The molecule has 3 atom stereocenters. The lowest BCUT2D eigenvalue weighted by Crippen LogP contribution is -2.30. The Morgan fingerprint density at radius 2 is 0.788 bits per heavy atom. The van der Waals surface area contributed by atoms with Crippen LogP contribution in [-0.4, -0.2) is 66.5 Å². The molecule has 0 bridgehead atoms. The second-order valence-electron chi connectivity index (χ2n) is 17.7. The van der Waals surface area contributed by atoms with Crippen LogP contribution in [0.1, 0.15) is 239 Å². The van der Waals surface area contributed by atoms with Gasteiger partial charge in [0, 0.05) is 19.3 Å². The molecule has 11 nitrogen and oxygen atoms in total. The van der Waals surface area contributed by atoms with Crippen molar-refractivity contribution in [1.82, 2.24) is 0 Å². The third-order valence-electron chi connectivity index (χ3n) is 11.2. The van der Waals surface area contributed by atoms with Crippen LogP contribution in [0.5, 0.6) is 0 Å². The summed E-state index contributed by atoms with van der Waals surface area (Å²) in [4.78, 5) is 48.3. The molecule has 0 rings (SSSR count). The number of aliphatic hydroxyl groups is 1. The third-order valence-corrected chi connectivity index (χ3v) is 12.2. The van der Waals surface area contributed by atoms with E-state index in [2.05, 4.69) is 69.4 Å². The maximum atomic E-state index is 12.8. The topological polar surface area (TPSA) is 155 Å². The molecule has 0 aromatic rings. The zero-order valence-corrected chi connectivity index (χ0v) is 43.1. The van der Waals surface area contributed by atoms with E-state index in [1.165, 1.54) is 70.6 Å². The summed E-state index contributed by atoms with van der Waals surface area (Å²) in [5, 5.41) is 9.74. The van der Waals surface area contributed by atoms with Crippen LogP contribution in [0.4, 0.5) is 0 Å². The second-order valence-corrected chi connectivity index (χ2v) is 19.1. The maximum Gasteiger partial charge on any atom is 0.472 e. The zero-order valence-electron chi connectivity index (χ0n) is 42.2. The van der Waals surface area contributed by atoms with Crippen LogP contribution in [0.25, 0.3) is 0 Å². The molecule has 384 valence electrons. The molecule has 66 heavy (non-hydrogen) atoms. The summed E-state index contributed by atoms with van der Waals surface area (Å²) in [7, 11) is -4.74. The minimum absolute atomic E-state index is 0.156. The molecule has 0 aromatic heterocycles. The van der Waals surface area contributed by atoms with Gasteiger partial charge in [0.15, 0.2) is 6.10 Å². The smallest absolute Gasteiger partial charge is 0.462 e. The van der Waals surface area contributed by atoms with Crippen LogP contribution < -0.4 is 0 Å². The summed E-state index contributed by atoms with van der Waals surface area (Å²) in [5.41, 5.74) is 0. The molecule has 12 heteroatoms. The highest BCUT2D eigenvalue weighted by Crippen LogP contribution is 2.43. The van der Waals surface area contributed by atoms with Gasteiger partial charge in [0.2, 0.25) is 0 Å². The van der Waals surface area contributed by atoms with Gasteiger partial charge in [-0.3, -0.25) is 23.4 Å². The number of allylic oxidation sites excluding steroid dienone is 8. The van der Waals surface area contributed by atoms with Crippen molar-refractivity contribution in [2.45, 2.75) is 251 Å². The normalized spacial score (nSPS) is 13.8. The minimum atomic E-state index is -4.74. The average molecular weight is 953 g/mol. The van der Waals surface area contributed by atoms with E-state index < -0.39 is 57.8 Å². The van der Waals surface area contributed by atoms with Gasteiger partial charge in [0.25, 0.3) is 0 Å². The summed E-state index contributed by atoms with van der Waals surface area (Å²) in [6.45, 7) is 4.47. The van der Waals surface area contributed by atoms with Crippen molar-refractivity contribution >= 4 is 25.7 Å². The highest BCUT2D eigenvalue weighted by molar-refractivity contribution is 7.47. The lowest BCUT2D eigenvalue weighted by molar-refractivity contribution is -0.161. The Kier molecular flexibility index (Phi) is 47.0. The number of rotatable bonds is 49. The van der Waals surface area contributed by atoms with Crippen molar-refractivity contribution in [3.8, 4) is 0 Å². The molecule has 0 aromatic carbocycles. The number of ether oxygens (including phenoxy) is 3. The first-order valence-corrected chi connectivity index (χ1v) is 28.0. The largest absolute Gasteiger partial charge is 0.472 e. The standard InChI is InChI=1S/C54H97O11P/c1-4-7-10-13-16-19-21-23-24-25-26-28-29-32-34-37-40-43-52(56)61-47-51(65-54(58)45-42-39-36-33-30-27-22-20-17-14-11-8-5-2)49-63-66(59,60)62-48-50(46-55)64-53(57)44-41-38-35-31-18-15-12-9-6-3/h7,10,16,19-20,22-24,50-51,55H,4-6,8-9,11-15,17-18,21,25-49H2,1-3H3,(H,59,60)/b10-7-,19-16-,22-20-,24-23-. The van der Waals surface area contributed by atoms with E-state index in [9.17, 15) is 28.9 Å². The molecule has 0 radical (unpaired) electrons. The molecule has 0 fully saturated rings. The fraction of sp³-hybridized carbons (Fsp3) is 0.796. The number of hydrogen-bond acceptors (Lipinski definition) is 10. The molecular weight excluding hydrogens is 856 g/mol. The molecule has 0 saturated carbocycles. The van der Waals surface area contributed by atoms with Gasteiger partial charge in [-0.15, -0.1) is 0 Å². The van der Waals surface area contributed by atoms with Crippen molar-refractivity contribution in [3.63, 3.8) is 0 Å². The number of phosphoric ester groups is 1. The SMILES string of the molecule is CC/C=C\C/C=C\C/C=C\CCCCCCCCCC(=O)OCC(COP(=O)(O)OCC(CO)OC(=O)CCCCCCCCCCC)OC(=O)CCCCCCC/C=C\CCCCCC. The number of hydrogen-bond donors (Lipinski definition) is 2. The Balaban J connectivity index is 4.74. The van der Waals surface area contributed by atoms with Crippen molar-refractivity contribution < 1.29 is 52.2 Å². The Bertz CT molecular complexity index is 1300. The predicted molar refractivity (Wildman–Crippen MR) is 270 cm³/mol. The van der Waals surface area contributed by atoms with Crippen molar-refractivity contribution in [3.05, 3.63) is 48.6 Å². The molecule has 0 aliphatic rings. The van der Waals surface area contributed by atoms with Gasteiger partial charge in [-0.2, -0.15) is 0 Å². The molecule has 0 aliphatic carbocycles. The summed E-state index contributed by atoms with van der Waals surface area (Å²) in [6.07, 6.45) is 49.4. The molecule has 2 N–H and O–H groups in total. The number of unbranched alkanes of at least 4 members (excludes halogenated alkanes) is 24. The Morgan fingerprint density at radius 3 is 1.24 bits per heavy atom. The summed E-state index contributed by atoms with van der Waals surface area (Å²) < 4.78 is 39.3. The van der Waals surface area contributed by atoms with Crippen LogP contribution >= 0.6 is 7.82 Å².